The Labute approximate surface area is 142 Å². The van der Waals surface area contributed by atoms with Crippen LogP contribution in [0, 0.1) is 6.92 Å². The number of oxazole rings is 1. The number of carbonyl (C=O) groups is 2. The molecule has 7 heteroatoms. The molecule has 3 amide bonds. The third-order valence-corrected chi connectivity index (χ3v) is 4.78. The number of aromatic nitrogens is 1. The van der Waals surface area contributed by atoms with Gasteiger partial charge in [0.05, 0.1) is 6.54 Å². The summed E-state index contributed by atoms with van der Waals surface area (Å²) < 4.78 is 5.53. The summed E-state index contributed by atoms with van der Waals surface area (Å²) in [5.41, 5.74) is 0.362. The first-order chi connectivity index (χ1) is 11.6. The highest BCUT2D eigenvalue weighted by molar-refractivity contribution is 5.93. The Balaban J connectivity index is 1.51. The first-order valence-corrected chi connectivity index (χ1v) is 8.93. The molecular formula is C17H26N4O3. The Morgan fingerprint density at radius 3 is 2.58 bits per heavy atom. The third-order valence-electron chi connectivity index (χ3n) is 4.78. The van der Waals surface area contributed by atoms with Crippen LogP contribution in [0.15, 0.2) is 4.42 Å². The highest BCUT2D eigenvalue weighted by Crippen LogP contribution is 2.18. The van der Waals surface area contributed by atoms with E-state index in [0.29, 0.717) is 17.3 Å². The zero-order valence-corrected chi connectivity index (χ0v) is 14.3. The van der Waals surface area contributed by atoms with Crippen LogP contribution in [0.3, 0.4) is 0 Å². The van der Waals surface area contributed by atoms with Gasteiger partial charge in [0.1, 0.15) is 5.76 Å². The van der Waals surface area contributed by atoms with Crippen LogP contribution in [0.25, 0.3) is 0 Å². The van der Waals surface area contributed by atoms with Crippen LogP contribution in [0.1, 0.15) is 67.1 Å². The smallest absolute Gasteiger partial charge is 0.315 e. The summed E-state index contributed by atoms with van der Waals surface area (Å²) in [5.74, 6) is 0.803. The van der Waals surface area contributed by atoms with Crippen molar-refractivity contribution in [1.82, 2.24) is 20.5 Å². The van der Waals surface area contributed by atoms with Gasteiger partial charge in [-0.2, -0.15) is 0 Å². The van der Waals surface area contributed by atoms with E-state index in [9.17, 15) is 9.59 Å². The number of amides is 3. The monoisotopic (exact) mass is 334 g/mol. The zero-order chi connectivity index (χ0) is 16.9. The van der Waals surface area contributed by atoms with Gasteiger partial charge >= 0.3 is 6.03 Å². The molecule has 2 aliphatic rings. The molecule has 0 unspecified atom stereocenters. The molecule has 1 aliphatic heterocycles. The molecule has 0 atom stereocenters. The van der Waals surface area contributed by atoms with Crippen molar-refractivity contribution in [3.05, 3.63) is 17.3 Å². The largest absolute Gasteiger partial charge is 0.443 e. The number of carbonyl (C=O) groups excluding carboxylic acids is 2. The summed E-state index contributed by atoms with van der Waals surface area (Å²) in [4.78, 5) is 30.4. The Kier molecular flexibility index (Phi) is 5.37. The van der Waals surface area contributed by atoms with Crippen LogP contribution in [0.2, 0.25) is 0 Å². The van der Waals surface area contributed by atoms with Crippen LogP contribution in [0.5, 0.6) is 0 Å². The standard InChI is InChI=1S/C17H26N4O3/c1-12-15(16(22)21-9-5-6-10-21)20-14(24-12)11-18-17(23)19-13-7-3-2-4-8-13/h13H,2-11H2,1H3,(H2,18,19,23). The second-order valence-corrected chi connectivity index (χ2v) is 6.67. The summed E-state index contributed by atoms with van der Waals surface area (Å²) in [5, 5.41) is 5.75. The average Bonchev–Trinajstić information content (AvgIpc) is 3.23. The lowest BCUT2D eigenvalue weighted by Crippen LogP contribution is -2.42. The Morgan fingerprint density at radius 1 is 1.17 bits per heavy atom. The third kappa shape index (κ3) is 4.07. The van der Waals surface area contributed by atoms with E-state index < -0.39 is 0 Å². The summed E-state index contributed by atoms with van der Waals surface area (Å²) in [7, 11) is 0. The molecule has 0 spiro atoms. The number of urea groups is 1. The van der Waals surface area contributed by atoms with Crippen LogP contribution < -0.4 is 10.6 Å². The molecule has 24 heavy (non-hydrogen) atoms. The Bertz CT molecular complexity index is 587. The van der Waals surface area contributed by atoms with Gasteiger partial charge in [-0.05, 0) is 32.6 Å². The lowest BCUT2D eigenvalue weighted by atomic mass is 9.96. The molecule has 1 saturated carbocycles. The van der Waals surface area contributed by atoms with Gasteiger partial charge in [0.15, 0.2) is 5.69 Å². The fourth-order valence-electron chi connectivity index (χ4n) is 3.43. The second-order valence-electron chi connectivity index (χ2n) is 6.67. The maximum Gasteiger partial charge on any atom is 0.315 e. The summed E-state index contributed by atoms with van der Waals surface area (Å²) in [6.07, 6.45) is 7.76. The Morgan fingerprint density at radius 2 is 1.88 bits per heavy atom. The predicted octanol–water partition coefficient (Wildman–Crippen LogP) is 2.35. The van der Waals surface area contributed by atoms with Crippen LogP contribution in [0.4, 0.5) is 4.79 Å². The minimum absolute atomic E-state index is 0.0772. The van der Waals surface area contributed by atoms with Gasteiger partial charge in [-0.25, -0.2) is 9.78 Å². The summed E-state index contributed by atoms with van der Waals surface area (Å²) >= 11 is 0. The van der Waals surface area contributed by atoms with Crippen molar-refractivity contribution < 1.29 is 14.0 Å². The minimum Gasteiger partial charge on any atom is -0.443 e. The van der Waals surface area contributed by atoms with Crippen LogP contribution in [-0.4, -0.2) is 41.0 Å². The van der Waals surface area contributed by atoms with Gasteiger partial charge in [-0.3, -0.25) is 4.79 Å². The normalized spacial score (nSPS) is 18.6. The Hall–Kier alpha value is -2.05. The fourth-order valence-corrected chi connectivity index (χ4v) is 3.43. The first kappa shape index (κ1) is 16.8. The molecule has 1 saturated heterocycles. The van der Waals surface area contributed by atoms with E-state index >= 15 is 0 Å². The molecule has 0 bridgehead atoms. The minimum atomic E-state index is -0.204. The van der Waals surface area contributed by atoms with Crippen molar-refractivity contribution in [3.63, 3.8) is 0 Å². The number of hydrogen-bond donors (Lipinski definition) is 2. The van der Waals surface area contributed by atoms with E-state index in [4.69, 9.17) is 4.42 Å². The second kappa shape index (κ2) is 7.68. The molecule has 0 radical (unpaired) electrons. The number of hydrogen-bond acceptors (Lipinski definition) is 4. The molecule has 0 aromatic carbocycles. The highest BCUT2D eigenvalue weighted by atomic mass is 16.4. The van der Waals surface area contributed by atoms with Gasteiger partial charge in [-0.1, -0.05) is 19.3 Å². The highest BCUT2D eigenvalue weighted by Gasteiger charge is 2.25. The van der Waals surface area contributed by atoms with Crippen LogP contribution >= 0.6 is 0 Å². The van der Waals surface area contributed by atoms with E-state index in [1.807, 2.05) is 0 Å². The molecule has 7 nitrogen and oxygen atoms in total. The quantitative estimate of drug-likeness (QED) is 0.885. The van der Waals surface area contributed by atoms with Gasteiger partial charge in [0, 0.05) is 19.1 Å². The molecule has 2 N–H and O–H groups in total. The number of aryl methyl sites for hydroxylation is 1. The predicted molar refractivity (Wildman–Crippen MR) is 88.6 cm³/mol. The number of rotatable bonds is 4. The molecule has 1 aromatic heterocycles. The van der Waals surface area contributed by atoms with Crippen molar-refractivity contribution in [2.24, 2.45) is 0 Å². The number of nitrogens with zero attached hydrogens (tertiary/aromatic N) is 2. The van der Waals surface area contributed by atoms with Crippen molar-refractivity contribution in [2.45, 2.75) is 64.5 Å². The first-order valence-electron chi connectivity index (χ1n) is 8.93. The maximum atomic E-state index is 12.4. The van der Waals surface area contributed by atoms with Crippen molar-refractivity contribution in [2.75, 3.05) is 13.1 Å². The van der Waals surface area contributed by atoms with Crippen molar-refractivity contribution in [3.8, 4) is 0 Å². The van der Waals surface area contributed by atoms with Gasteiger partial charge in [-0.15, -0.1) is 0 Å². The zero-order valence-electron chi connectivity index (χ0n) is 14.3. The lowest BCUT2D eigenvalue weighted by molar-refractivity contribution is 0.0786. The molecule has 1 aromatic rings. The topological polar surface area (TPSA) is 87.5 Å². The molecule has 2 fully saturated rings. The summed E-state index contributed by atoms with van der Waals surface area (Å²) in [6.45, 7) is 3.49. The van der Waals surface area contributed by atoms with E-state index in [-0.39, 0.29) is 24.5 Å². The van der Waals surface area contributed by atoms with E-state index in [2.05, 4.69) is 15.6 Å². The molecule has 3 rings (SSSR count). The molecule has 1 aliphatic carbocycles. The van der Waals surface area contributed by atoms with Crippen molar-refractivity contribution >= 4 is 11.9 Å². The molecule has 2 heterocycles. The van der Waals surface area contributed by atoms with Crippen LogP contribution in [-0.2, 0) is 6.54 Å². The van der Waals surface area contributed by atoms with Crippen molar-refractivity contribution in [1.29, 1.82) is 0 Å². The molecular weight excluding hydrogens is 308 g/mol. The van der Waals surface area contributed by atoms with E-state index in [1.54, 1.807) is 11.8 Å². The fraction of sp³-hybridized carbons (Fsp3) is 0.706. The molecule has 132 valence electrons. The average molecular weight is 334 g/mol. The lowest BCUT2D eigenvalue weighted by Gasteiger charge is -2.22. The van der Waals surface area contributed by atoms with Gasteiger partial charge in [0.25, 0.3) is 5.91 Å². The summed E-state index contributed by atoms with van der Waals surface area (Å²) in [6, 6.07) is 0.0579. The van der Waals surface area contributed by atoms with Gasteiger partial charge < -0.3 is 20.0 Å². The number of nitrogens with one attached hydrogen (secondary N) is 2. The van der Waals surface area contributed by atoms with E-state index in [0.717, 1.165) is 38.8 Å². The maximum absolute atomic E-state index is 12.4. The SMILES string of the molecule is Cc1oc(CNC(=O)NC2CCCCC2)nc1C(=O)N1CCCC1. The number of likely N-dealkylation sites (tertiary alicyclic amines) is 1. The van der Waals surface area contributed by atoms with Gasteiger partial charge in [0.2, 0.25) is 5.89 Å². The van der Waals surface area contributed by atoms with E-state index in [1.165, 1.54) is 19.3 Å².